The molecule has 1 fully saturated rings. The maximum absolute atomic E-state index is 12.5. The third-order valence-corrected chi connectivity index (χ3v) is 6.83. The van der Waals surface area contributed by atoms with E-state index in [0.717, 1.165) is 42.9 Å². The van der Waals surface area contributed by atoms with Crippen LogP contribution in [0.4, 0.5) is 16.2 Å². The zero-order valence-corrected chi connectivity index (χ0v) is 19.6. The molecule has 1 aromatic carbocycles. The molecule has 2 atom stereocenters. The standard InChI is InChI=1S/C24H32N4O2S/c1-16-14-19(10-12-27(16)23(29)30-24(2,3)4)28-11-9-17-15-18(7-8-20(17)28)26-22(25)21-6-5-13-31-21/h5-8,13,15-16,19H,9-12,14H2,1-4H3,(H2,25,26). The molecular formula is C24H32N4O2S. The van der Waals surface area contributed by atoms with E-state index in [-0.39, 0.29) is 12.1 Å². The Labute approximate surface area is 188 Å². The molecule has 1 aromatic heterocycles. The van der Waals surface area contributed by atoms with Crippen molar-refractivity contribution in [3.63, 3.8) is 0 Å². The highest BCUT2D eigenvalue weighted by molar-refractivity contribution is 7.12. The van der Waals surface area contributed by atoms with E-state index in [2.05, 4.69) is 35.0 Å². The smallest absolute Gasteiger partial charge is 0.410 e. The number of thiophene rings is 1. The van der Waals surface area contributed by atoms with Crippen molar-refractivity contribution in [3.05, 3.63) is 46.2 Å². The summed E-state index contributed by atoms with van der Waals surface area (Å²) >= 11 is 1.60. The molecule has 2 unspecified atom stereocenters. The lowest BCUT2D eigenvalue weighted by Crippen LogP contribution is -2.52. The number of amidine groups is 1. The quantitative estimate of drug-likeness (QED) is 0.542. The molecule has 7 heteroatoms. The molecule has 4 rings (SSSR count). The summed E-state index contributed by atoms with van der Waals surface area (Å²) < 4.78 is 5.59. The van der Waals surface area contributed by atoms with Crippen LogP contribution in [0.25, 0.3) is 0 Å². The van der Waals surface area contributed by atoms with Crippen molar-refractivity contribution in [2.24, 2.45) is 10.7 Å². The van der Waals surface area contributed by atoms with E-state index < -0.39 is 5.60 Å². The lowest BCUT2D eigenvalue weighted by molar-refractivity contribution is 0.0104. The first-order valence-corrected chi connectivity index (χ1v) is 11.9. The molecule has 1 saturated heterocycles. The Morgan fingerprint density at radius 3 is 2.74 bits per heavy atom. The summed E-state index contributed by atoms with van der Waals surface area (Å²) in [5.41, 5.74) is 9.21. The van der Waals surface area contributed by atoms with Crippen molar-refractivity contribution in [2.75, 3.05) is 18.0 Å². The van der Waals surface area contributed by atoms with Crippen LogP contribution in [0.1, 0.15) is 51.0 Å². The van der Waals surface area contributed by atoms with Crippen LogP contribution in [-0.2, 0) is 11.2 Å². The van der Waals surface area contributed by atoms with Crippen LogP contribution >= 0.6 is 11.3 Å². The lowest BCUT2D eigenvalue weighted by atomic mass is 9.97. The second kappa shape index (κ2) is 8.54. The number of nitrogens with two attached hydrogens (primary N) is 1. The van der Waals surface area contributed by atoms with Crippen LogP contribution < -0.4 is 10.6 Å². The van der Waals surface area contributed by atoms with Crippen molar-refractivity contribution < 1.29 is 9.53 Å². The second-order valence-corrected chi connectivity index (χ2v) is 10.4. The fourth-order valence-corrected chi connectivity index (χ4v) is 5.13. The first-order chi connectivity index (χ1) is 14.7. The van der Waals surface area contributed by atoms with E-state index in [1.807, 2.05) is 43.2 Å². The van der Waals surface area contributed by atoms with Crippen molar-refractivity contribution in [1.82, 2.24) is 4.90 Å². The number of carbonyl (C=O) groups excluding carboxylic acids is 1. The molecule has 0 aliphatic carbocycles. The van der Waals surface area contributed by atoms with E-state index in [4.69, 9.17) is 10.5 Å². The number of nitrogens with zero attached hydrogens (tertiary/aromatic N) is 3. The summed E-state index contributed by atoms with van der Waals surface area (Å²) in [7, 11) is 0. The molecule has 0 bridgehead atoms. The monoisotopic (exact) mass is 440 g/mol. The number of hydrogen-bond acceptors (Lipinski definition) is 5. The van der Waals surface area contributed by atoms with Crippen molar-refractivity contribution >= 4 is 34.6 Å². The third-order valence-electron chi connectivity index (χ3n) is 5.93. The summed E-state index contributed by atoms with van der Waals surface area (Å²) in [6.07, 6.45) is 2.71. The van der Waals surface area contributed by atoms with E-state index in [1.54, 1.807) is 11.3 Å². The zero-order chi connectivity index (χ0) is 22.2. The molecule has 31 heavy (non-hydrogen) atoms. The number of carbonyl (C=O) groups is 1. The number of anilines is 1. The molecule has 0 saturated carbocycles. The maximum Gasteiger partial charge on any atom is 0.410 e. The zero-order valence-electron chi connectivity index (χ0n) is 18.8. The maximum atomic E-state index is 12.5. The van der Waals surface area contributed by atoms with Crippen LogP contribution in [0.2, 0.25) is 0 Å². The third kappa shape index (κ3) is 4.87. The number of benzene rings is 1. The number of fused-ring (bicyclic) bond motifs is 1. The van der Waals surface area contributed by atoms with Gasteiger partial charge in [-0.15, -0.1) is 11.3 Å². The van der Waals surface area contributed by atoms with Crippen molar-refractivity contribution in [3.8, 4) is 0 Å². The van der Waals surface area contributed by atoms with Crippen LogP contribution in [0.3, 0.4) is 0 Å². The Bertz CT molecular complexity index is 964. The van der Waals surface area contributed by atoms with Gasteiger partial charge in [-0.2, -0.15) is 0 Å². The average molecular weight is 441 g/mol. The van der Waals surface area contributed by atoms with Gasteiger partial charge in [0, 0.05) is 30.9 Å². The number of amides is 1. The predicted molar refractivity (Wildman–Crippen MR) is 128 cm³/mol. The summed E-state index contributed by atoms with van der Waals surface area (Å²) in [5.74, 6) is 0.563. The Morgan fingerprint density at radius 2 is 2.06 bits per heavy atom. The van der Waals surface area contributed by atoms with Crippen LogP contribution in [-0.4, -0.2) is 47.6 Å². The molecule has 2 aliphatic heterocycles. The molecular weight excluding hydrogens is 408 g/mol. The minimum Gasteiger partial charge on any atom is -0.444 e. The average Bonchev–Trinajstić information content (AvgIpc) is 3.36. The Morgan fingerprint density at radius 1 is 1.26 bits per heavy atom. The summed E-state index contributed by atoms with van der Waals surface area (Å²) in [4.78, 5) is 22.5. The topological polar surface area (TPSA) is 71.2 Å². The summed E-state index contributed by atoms with van der Waals surface area (Å²) in [6.45, 7) is 9.60. The molecule has 1 amide bonds. The van der Waals surface area contributed by atoms with Gasteiger partial charge in [-0.05, 0) is 82.2 Å². The normalized spacial score (nSPS) is 21.9. The molecule has 166 valence electrons. The number of rotatable bonds is 3. The van der Waals surface area contributed by atoms with Gasteiger partial charge in [-0.3, -0.25) is 0 Å². The minimum absolute atomic E-state index is 0.159. The number of hydrogen-bond donors (Lipinski definition) is 1. The second-order valence-electron chi connectivity index (χ2n) is 9.43. The summed E-state index contributed by atoms with van der Waals surface area (Å²) in [5, 5.41) is 2.01. The molecule has 2 N–H and O–H groups in total. The first-order valence-electron chi connectivity index (χ1n) is 11.0. The fourth-order valence-electron chi connectivity index (χ4n) is 4.50. The Balaban J connectivity index is 1.43. The van der Waals surface area contributed by atoms with Gasteiger partial charge in [0.25, 0.3) is 0 Å². The highest BCUT2D eigenvalue weighted by Gasteiger charge is 2.36. The van der Waals surface area contributed by atoms with Crippen molar-refractivity contribution in [1.29, 1.82) is 0 Å². The molecule has 3 heterocycles. The lowest BCUT2D eigenvalue weighted by Gasteiger charge is -2.42. The van der Waals surface area contributed by atoms with Gasteiger partial charge >= 0.3 is 6.09 Å². The van der Waals surface area contributed by atoms with Crippen LogP contribution in [0.5, 0.6) is 0 Å². The van der Waals surface area contributed by atoms with Gasteiger partial charge in [0.05, 0.1) is 10.6 Å². The Kier molecular flexibility index (Phi) is 5.97. The van der Waals surface area contributed by atoms with E-state index in [0.29, 0.717) is 11.9 Å². The van der Waals surface area contributed by atoms with Crippen LogP contribution in [0.15, 0.2) is 40.7 Å². The molecule has 6 nitrogen and oxygen atoms in total. The van der Waals surface area contributed by atoms with Gasteiger partial charge in [0.1, 0.15) is 11.4 Å². The van der Waals surface area contributed by atoms with E-state index in [1.165, 1.54) is 11.3 Å². The van der Waals surface area contributed by atoms with Gasteiger partial charge in [0.15, 0.2) is 0 Å². The number of aliphatic imine (C=N–C) groups is 1. The summed E-state index contributed by atoms with van der Waals surface area (Å²) in [6, 6.07) is 11.0. The number of likely N-dealkylation sites (tertiary alicyclic amines) is 1. The van der Waals surface area contributed by atoms with Gasteiger partial charge in [-0.1, -0.05) is 6.07 Å². The van der Waals surface area contributed by atoms with E-state index >= 15 is 0 Å². The van der Waals surface area contributed by atoms with E-state index in [9.17, 15) is 4.79 Å². The molecule has 0 radical (unpaired) electrons. The SMILES string of the molecule is CC1CC(N2CCc3cc(N=C(N)c4cccs4)ccc32)CCN1C(=O)OC(C)(C)C. The van der Waals surface area contributed by atoms with Gasteiger partial charge in [-0.25, -0.2) is 9.79 Å². The first kappa shape index (κ1) is 21.7. The fraction of sp³-hybridized carbons (Fsp3) is 0.500. The molecule has 2 aliphatic rings. The van der Waals surface area contributed by atoms with Crippen LogP contribution in [0, 0.1) is 0 Å². The highest BCUT2D eigenvalue weighted by Crippen LogP contribution is 2.36. The number of piperidine rings is 1. The van der Waals surface area contributed by atoms with Gasteiger partial charge in [0.2, 0.25) is 0 Å². The molecule has 0 spiro atoms. The highest BCUT2D eigenvalue weighted by atomic mass is 32.1. The Hall–Kier alpha value is -2.54. The minimum atomic E-state index is -0.464. The molecule has 2 aromatic rings. The predicted octanol–water partition coefficient (Wildman–Crippen LogP) is 4.94. The van der Waals surface area contributed by atoms with Gasteiger partial charge < -0.3 is 20.3 Å². The van der Waals surface area contributed by atoms with Crippen molar-refractivity contribution in [2.45, 2.75) is 64.6 Å². The number of ether oxygens (including phenoxy) is 1. The largest absolute Gasteiger partial charge is 0.444 e.